The fourth-order valence-corrected chi connectivity index (χ4v) is 6.30. The van der Waals surface area contributed by atoms with Crippen molar-refractivity contribution in [1.82, 2.24) is 20.3 Å². The Hall–Kier alpha value is -3.03. The van der Waals surface area contributed by atoms with Crippen LogP contribution in [0.15, 0.2) is 24.4 Å². The van der Waals surface area contributed by atoms with Gasteiger partial charge in [-0.2, -0.15) is 0 Å². The van der Waals surface area contributed by atoms with Crippen LogP contribution in [0.5, 0.6) is 0 Å². The van der Waals surface area contributed by atoms with Crippen LogP contribution in [0.25, 0.3) is 21.8 Å². The molecule has 0 bridgehead atoms. The normalized spacial score (nSPS) is 14.1. The molecule has 1 atom stereocenters. The lowest BCUT2D eigenvalue weighted by Gasteiger charge is -2.14. The number of rotatable bonds is 11. The molecule has 2 aromatic heterocycles. The van der Waals surface area contributed by atoms with Crippen molar-refractivity contribution >= 4 is 50.7 Å². The van der Waals surface area contributed by atoms with Crippen molar-refractivity contribution in [2.75, 3.05) is 29.4 Å². The Morgan fingerprint density at radius 2 is 2.08 bits per heavy atom. The Kier molecular flexibility index (Phi) is 8.68. The summed E-state index contributed by atoms with van der Waals surface area (Å²) in [4.78, 5) is 25.7. The SMILES string of the molecule is CCCS(=O)(=O)Nc1cc(F)cc(-c2nc(C3CC3)sc2-c2ccnc(NC[C@H](C)NC(=O)OC)n2)c1Cl. The summed E-state index contributed by atoms with van der Waals surface area (Å²) in [5, 5.41) is 6.67. The molecule has 38 heavy (non-hydrogen) atoms. The van der Waals surface area contributed by atoms with Gasteiger partial charge in [0.2, 0.25) is 16.0 Å². The largest absolute Gasteiger partial charge is 0.453 e. The first-order valence-corrected chi connectivity index (χ1v) is 14.9. The van der Waals surface area contributed by atoms with Crippen LogP contribution in [0, 0.1) is 5.82 Å². The van der Waals surface area contributed by atoms with Crippen molar-refractivity contribution in [2.24, 2.45) is 0 Å². The second-order valence-electron chi connectivity index (χ2n) is 8.92. The van der Waals surface area contributed by atoms with Gasteiger partial charge in [-0.05, 0) is 44.4 Å². The van der Waals surface area contributed by atoms with Gasteiger partial charge < -0.3 is 15.4 Å². The van der Waals surface area contributed by atoms with Crippen LogP contribution >= 0.6 is 22.9 Å². The zero-order valence-electron chi connectivity index (χ0n) is 21.0. The lowest BCUT2D eigenvalue weighted by molar-refractivity contribution is 0.168. The molecule has 0 aliphatic heterocycles. The number of halogens is 2. The number of thiazole rings is 1. The number of carbonyl (C=O) groups is 1. The molecule has 14 heteroatoms. The van der Waals surface area contributed by atoms with Gasteiger partial charge in [0, 0.05) is 30.3 Å². The highest BCUT2D eigenvalue weighted by Crippen LogP contribution is 2.48. The van der Waals surface area contributed by atoms with E-state index in [9.17, 15) is 17.6 Å². The number of amides is 1. The highest BCUT2D eigenvalue weighted by molar-refractivity contribution is 7.92. The van der Waals surface area contributed by atoms with E-state index >= 15 is 0 Å². The third-order valence-corrected chi connectivity index (χ3v) is 8.73. The lowest BCUT2D eigenvalue weighted by atomic mass is 10.1. The Morgan fingerprint density at radius 1 is 1.32 bits per heavy atom. The summed E-state index contributed by atoms with van der Waals surface area (Å²) >= 11 is 8.08. The number of nitrogens with zero attached hydrogens (tertiary/aromatic N) is 3. The molecular weight excluding hydrogens is 555 g/mol. The Balaban J connectivity index is 1.69. The van der Waals surface area contributed by atoms with E-state index in [1.54, 1.807) is 26.1 Å². The molecule has 1 saturated carbocycles. The fraction of sp³-hybridized carbons (Fsp3) is 0.417. The Morgan fingerprint density at radius 3 is 2.76 bits per heavy atom. The number of nitrogens with one attached hydrogen (secondary N) is 3. The van der Waals surface area contributed by atoms with Gasteiger partial charge >= 0.3 is 6.09 Å². The summed E-state index contributed by atoms with van der Waals surface area (Å²) in [5.41, 5.74) is 1.19. The van der Waals surface area contributed by atoms with Gasteiger partial charge in [-0.25, -0.2) is 32.6 Å². The number of anilines is 2. The molecule has 1 amide bonds. The van der Waals surface area contributed by atoms with Gasteiger partial charge in [0.15, 0.2) is 0 Å². The summed E-state index contributed by atoms with van der Waals surface area (Å²) in [6, 6.07) is 3.77. The predicted molar refractivity (Wildman–Crippen MR) is 147 cm³/mol. The number of methoxy groups -OCH3 is 1. The molecule has 0 spiro atoms. The van der Waals surface area contributed by atoms with Crippen molar-refractivity contribution in [2.45, 2.75) is 45.1 Å². The Bertz CT molecular complexity index is 1430. The minimum atomic E-state index is -3.69. The number of alkyl carbamates (subject to hydrolysis) is 1. The first-order chi connectivity index (χ1) is 18.1. The van der Waals surface area contributed by atoms with Gasteiger partial charge in [-0.3, -0.25) is 4.72 Å². The van der Waals surface area contributed by atoms with Crippen LogP contribution in [0.2, 0.25) is 5.02 Å². The topological polar surface area (TPSA) is 135 Å². The van der Waals surface area contributed by atoms with Crippen LogP contribution in [-0.4, -0.2) is 54.9 Å². The van der Waals surface area contributed by atoms with E-state index in [-0.39, 0.29) is 28.1 Å². The number of ether oxygens (including phenoxy) is 1. The maximum Gasteiger partial charge on any atom is 0.407 e. The van der Waals surface area contributed by atoms with Crippen molar-refractivity contribution < 1.29 is 22.3 Å². The number of hydrogen-bond acceptors (Lipinski definition) is 9. The van der Waals surface area contributed by atoms with E-state index in [4.69, 9.17) is 16.6 Å². The van der Waals surface area contributed by atoms with E-state index in [2.05, 4.69) is 30.1 Å². The predicted octanol–water partition coefficient (Wildman–Crippen LogP) is 5.25. The summed E-state index contributed by atoms with van der Waals surface area (Å²) in [6.07, 6.45) is 3.46. The molecule has 3 N–H and O–H groups in total. The van der Waals surface area contributed by atoms with Gasteiger partial charge in [-0.15, -0.1) is 11.3 Å². The fourth-order valence-electron chi connectivity index (χ4n) is 3.65. The lowest BCUT2D eigenvalue weighted by Crippen LogP contribution is -2.37. The number of sulfonamides is 1. The second kappa shape index (κ2) is 11.8. The third-order valence-electron chi connectivity index (χ3n) is 5.61. The highest BCUT2D eigenvalue weighted by Gasteiger charge is 2.30. The van der Waals surface area contributed by atoms with Crippen LogP contribution in [0.3, 0.4) is 0 Å². The third kappa shape index (κ3) is 6.88. The molecular formula is C24H28ClFN6O4S2. The molecule has 0 unspecified atom stereocenters. The average molecular weight is 583 g/mol. The second-order valence-corrected chi connectivity index (χ2v) is 12.2. The molecule has 3 aromatic rings. The molecule has 1 fully saturated rings. The summed E-state index contributed by atoms with van der Waals surface area (Å²) in [6.45, 7) is 3.88. The van der Waals surface area contributed by atoms with E-state index in [1.165, 1.54) is 24.5 Å². The minimum absolute atomic E-state index is 0.0424. The maximum absolute atomic E-state index is 14.7. The number of benzene rings is 1. The van der Waals surface area contributed by atoms with E-state index in [0.717, 1.165) is 23.9 Å². The van der Waals surface area contributed by atoms with Crippen LogP contribution < -0.4 is 15.4 Å². The first kappa shape index (κ1) is 28.0. The smallest absolute Gasteiger partial charge is 0.407 e. The monoisotopic (exact) mass is 582 g/mol. The average Bonchev–Trinajstić information content (AvgIpc) is 3.63. The molecule has 204 valence electrons. The molecule has 4 rings (SSSR count). The van der Waals surface area contributed by atoms with Crippen molar-refractivity contribution in [3.63, 3.8) is 0 Å². The molecule has 0 radical (unpaired) electrons. The van der Waals surface area contributed by atoms with E-state index in [1.807, 2.05) is 0 Å². The van der Waals surface area contributed by atoms with E-state index in [0.29, 0.717) is 41.1 Å². The van der Waals surface area contributed by atoms with Crippen LogP contribution in [-0.2, 0) is 14.8 Å². The molecule has 1 aliphatic rings. The summed E-state index contributed by atoms with van der Waals surface area (Å²) in [5.74, 6) is -0.130. The molecule has 1 aliphatic carbocycles. The van der Waals surface area contributed by atoms with Gasteiger partial charge in [0.05, 0.1) is 44.8 Å². The highest BCUT2D eigenvalue weighted by atomic mass is 35.5. The minimum Gasteiger partial charge on any atom is -0.453 e. The van der Waals surface area contributed by atoms with Gasteiger partial charge in [0.25, 0.3) is 0 Å². The summed E-state index contributed by atoms with van der Waals surface area (Å²) < 4.78 is 46.5. The quantitative estimate of drug-likeness (QED) is 0.279. The van der Waals surface area contributed by atoms with Crippen molar-refractivity contribution in [3.05, 3.63) is 40.2 Å². The molecule has 2 heterocycles. The number of carbonyl (C=O) groups excluding carboxylic acids is 1. The van der Waals surface area contributed by atoms with Crippen LogP contribution in [0.4, 0.5) is 20.8 Å². The van der Waals surface area contributed by atoms with Crippen molar-refractivity contribution in [3.8, 4) is 21.8 Å². The molecule has 0 saturated heterocycles. The zero-order chi connectivity index (χ0) is 27.4. The number of aromatic nitrogens is 3. The number of hydrogen-bond donors (Lipinski definition) is 3. The summed E-state index contributed by atoms with van der Waals surface area (Å²) in [7, 11) is -2.40. The molecule has 10 nitrogen and oxygen atoms in total. The van der Waals surface area contributed by atoms with Crippen molar-refractivity contribution in [1.29, 1.82) is 0 Å². The molecule has 1 aromatic carbocycles. The Labute approximate surface area is 229 Å². The van der Waals surface area contributed by atoms with Gasteiger partial charge in [0.1, 0.15) is 5.82 Å². The van der Waals surface area contributed by atoms with E-state index < -0.39 is 21.9 Å². The van der Waals surface area contributed by atoms with Crippen LogP contribution in [0.1, 0.15) is 44.0 Å². The van der Waals surface area contributed by atoms with Gasteiger partial charge in [-0.1, -0.05) is 18.5 Å². The standard InChI is InChI=1S/C24H28ClFN6O4S2/c1-4-9-38(34,35)32-18-11-15(26)10-16(19(18)25)20-21(37-22(31-20)14-5-6-14)17-7-8-27-23(30-17)28-12-13(2)29-24(33)36-3/h7-8,10-11,13-14,32H,4-6,9,12H2,1-3H3,(H,29,33)(H,27,28,30)/t13-/m0/s1. The maximum atomic E-state index is 14.7. The zero-order valence-corrected chi connectivity index (χ0v) is 23.4. The first-order valence-electron chi connectivity index (χ1n) is 12.0.